The molecular weight excluding hydrogens is 452 g/mol. The van der Waals surface area contributed by atoms with E-state index in [0.717, 1.165) is 22.8 Å². The Morgan fingerprint density at radius 3 is 1.19 bits per heavy atom. The second kappa shape index (κ2) is 10.7. The first-order valence-corrected chi connectivity index (χ1v) is 11.4. The van der Waals surface area contributed by atoms with Gasteiger partial charge in [0.25, 0.3) is 11.8 Å². The molecule has 2 heterocycles. The quantitative estimate of drug-likeness (QED) is 0.396. The third-order valence-corrected chi connectivity index (χ3v) is 5.56. The fourth-order valence-electron chi connectivity index (χ4n) is 3.48. The second-order valence-corrected chi connectivity index (χ2v) is 8.66. The van der Waals surface area contributed by atoms with Crippen LogP contribution in [0.4, 0.5) is 23.0 Å². The van der Waals surface area contributed by atoms with Crippen LogP contribution in [0.5, 0.6) is 0 Å². The van der Waals surface area contributed by atoms with Gasteiger partial charge in [-0.3, -0.25) is 9.59 Å². The lowest BCUT2D eigenvalue weighted by Gasteiger charge is -2.12. The van der Waals surface area contributed by atoms with Crippen molar-refractivity contribution in [3.8, 4) is 11.1 Å². The predicted octanol–water partition coefficient (Wildman–Crippen LogP) is 4.78. The molecule has 0 radical (unpaired) electrons. The number of hydrogen-bond acceptors (Lipinski definition) is 6. The van der Waals surface area contributed by atoms with Crippen LogP contribution in [0.15, 0.2) is 85.2 Å². The number of carbonyl (C=O) groups excluding carboxylic acids is 2. The monoisotopic (exact) mass is 480 g/mol. The van der Waals surface area contributed by atoms with E-state index in [4.69, 9.17) is 0 Å². The third kappa shape index (κ3) is 5.85. The van der Waals surface area contributed by atoms with Crippen molar-refractivity contribution in [3.63, 3.8) is 0 Å². The van der Waals surface area contributed by atoms with Crippen molar-refractivity contribution in [2.75, 3.05) is 48.6 Å². The van der Waals surface area contributed by atoms with E-state index in [1.54, 1.807) is 36.7 Å². The molecule has 182 valence electrons. The highest BCUT2D eigenvalue weighted by atomic mass is 16.2. The van der Waals surface area contributed by atoms with Crippen LogP contribution in [0.3, 0.4) is 0 Å². The molecule has 36 heavy (non-hydrogen) atoms. The average Bonchev–Trinajstić information content (AvgIpc) is 2.89. The number of benzene rings is 2. The normalized spacial score (nSPS) is 10.4. The summed E-state index contributed by atoms with van der Waals surface area (Å²) in [7, 11) is 7.64. The molecule has 2 aromatic heterocycles. The molecule has 8 heteroatoms. The van der Waals surface area contributed by atoms with Crippen molar-refractivity contribution in [1.82, 2.24) is 9.97 Å². The number of nitrogens with one attached hydrogen (secondary N) is 2. The van der Waals surface area contributed by atoms with Crippen LogP contribution in [-0.2, 0) is 0 Å². The van der Waals surface area contributed by atoms with Crippen molar-refractivity contribution in [1.29, 1.82) is 0 Å². The third-order valence-electron chi connectivity index (χ3n) is 5.56. The minimum atomic E-state index is -0.207. The summed E-state index contributed by atoms with van der Waals surface area (Å²) in [5.74, 6) is 1.22. The highest BCUT2D eigenvalue weighted by Crippen LogP contribution is 2.22. The van der Waals surface area contributed by atoms with Crippen LogP contribution in [0.2, 0.25) is 0 Å². The SMILES string of the molecule is CN(C)c1ccc(NC(=O)c2ccc(-c3ccc(C(=O)Nc4ccc(N(C)C)nc4)cc3)cc2)cn1. The number of pyridine rings is 2. The Morgan fingerprint density at radius 2 is 0.917 bits per heavy atom. The summed E-state index contributed by atoms with van der Waals surface area (Å²) >= 11 is 0. The molecule has 4 aromatic rings. The summed E-state index contributed by atoms with van der Waals surface area (Å²) < 4.78 is 0. The molecule has 0 aliphatic carbocycles. The minimum absolute atomic E-state index is 0.207. The molecule has 8 nitrogen and oxygen atoms in total. The standard InChI is InChI=1S/C28H28N6O2/c1-33(2)25-15-13-23(17-29-25)31-27(35)21-9-5-19(6-10-21)20-7-11-22(12-8-20)28(36)32-24-14-16-26(30-18-24)34(3)4/h5-18H,1-4H3,(H,31,35)(H,32,36). The molecule has 0 unspecified atom stereocenters. The van der Waals surface area contributed by atoms with Gasteiger partial charge in [-0.15, -0.1) is 0 Å². The molecule has 2 N–H and O–H groups in total. The summed E-state index contributed by atoms with van der Waals surface area (Å²) in [4.78, 5) is 37.6. The van der Waals surface area contributed by atoms with Crippen LogP contribution < -0.4 is 20.4 Å². The summed E-state index contributed by atoms with van der Waals surface area (Å²) in [6.45, 7) is 0. The summed E-state index contributed by atoms with van der Waals surface area (Å²) in [6.07, 6.45) is 3.27. The fourth-order valence-corrected chi connectivity index (χ4v) is 3.48. The zero-order valence-electron chi connectivity index (χ0n) is 20.7. The van der Waals surface area contributed by atoms with Gasteiger partial charge >= 0.3 is 0 Å². The summed E-state index contributed by atoms with van der Waals surface area (Å²) in [5, 5.41) is 5.72. The lowest BCUT2D eigenvalue weighted by atomic mass is 10.0. The molecule has 4 rings (SSSR count). The van der Waals surface area contributed by atoms with E-state index in [1.807, 2.05) is 86.5 Å². The van der Waals surface area contributed by atoms with E-state index in [-0.39, 0.29) is 11.8 Å². The van der Waals surface area contributed by atoms with Gasteiger partial charge in [-0.1, -0.05) is 24.3 Å². The molecule has 0 saturated heterocycles. The molecular formula is C28H28N6O2. The van der Waals surface area contributed by atoms with Gasteiger partial charge in [-0.25, -0.2) is 9.97 Å². The lowest BCUT2D eigenvalue weighted by molar-refractivity contribution is 0.101. The van der Waals surface area contributed by atoms with Gasteiger partial charge in [0.15, 0.2) is 0 Å². The maximum Gasteiger partial charge on any atom is 0.255 e. The largest absolute Gasteiger partial charge is 0.363 e. The summed E-state index contributed by atoms with van der Waals surface area (Å²) in [6, 6.07) is 22.0. The Balaban J connectivity index is 1.38. The van der Waals surface area contributed by atoms with E-state index in [0.29, 0.717) is 22.5 Å². The number of anilines is 4. The van der Waals surface area contributed by atoms with Gasteiger partial charge < -0.3 is 20.4 Å². The Bertz CT molecular complexity index is 1220. The topological polar surface area (TPSA) is 90.5 Å². The fraction of sp³-hybridized carbons (Fsp3) is 0.143. The zero-order valence-corrected chi connectivity index (χ0v) is 20.7. The molecule has 0 atom stereocenters. The smallest absolute Gasteiger partial charge is 0.255 e. The Hall–Kier alpha value is -4.72. The lowest BCUT2D eigenvalue weighted by Crippen LogP contribution is -2.13. The number of hydrogen-bond donors (Lipinski definition) is 2. The first-order valence-electron chi connectivity index (χ1n) is 11.4. The van der Waals surface area contributed by atoms with Crippen molar-refractivity contribution in [3.05, 3.63) is 96.3 Å². The van der Waals surface area contributed by atoms with Crippen molar-refractivity contribution in [2.45, 2.75) is 0 Å². The number of amides is 2. The van der Waals surface area contributed by atoms with Gasteiger partial charge in [-0.05, 0) is 59.7 Å². The zero-order chi connectivity index (χ0) is 25.7. The van der Waals surface area contributed by atoms with Gasteiger partial charge in [0, 0.05) is 39.3 Å². The van der Waals surface area contributed by atoms with E-state index < -0.39 is 0 Å². The van der Waals surface area contributed by atoms with Gasteiger partial charge in [0.2, 0.25) is 0 Å². The van der Waals surface area contributed by atoms with Gasteiger partial charge in [0.05, 0.1) is 23.8 Å². The average molecular weight is 481 g/mol. The number of rotatable bonds is 7. The van der Waals surface area contributed by atoms with Crippen molar-refractivity contribution < 1.29 is 9.59 Å². The molecule has 0 saturated carbocycles. The molecule has 2 aromatic carbocycles. The highest BCUT2D eigenvalue weighted by Gasteiger charge is 2.10. The Labute approximate surface area is 210 Å². The predicted molar refractivity (Wildman–Crippen MR) is 145 cm³/mol. The van der Waals surface area contributed by atoms with Crippen molar-refractivity contribution in [2.24, 2.45) is 0 Å². The Kier molecular flexibility index (Phi) is 7.25. The molecule has 2 amide bonds. The van der Waals surface area contributed by atoms with Crippen LogP contribution >= 0.6 is 0 Å². The van der Waals surface area contributed by atoms with E-state index >= 15 is 0 Å². The molecule has 0 aliphatic rings. The number of nitrogens with zero attached hydrogens (tertiary/aromatic N) is 4. The molecule has 0 bridgehead atoms. The van der Waals surface area contributed by atoms with E-state index in [1.165, 1.54) is 0 Å². The van der Waals surface area contributed by atoms with Crippen molar-refractivity contribution >= 4 is 34.8 Å². The van der Waals surface area contributed by atoms with E-state index in [2.05, 4.69) is 20.6 Å². The Morgan fingerprint density at radius 1 is 0.556 bits per heavy atom. The maximum atomic E-state index is 12.6. The summed E-state index contributed by atoms with van der Waals surface area (Å²) in [5.41, 5.74) is 4.24. The number of aromatic nitrogens is 2. The number of carbonyl (C=O) groups is 2. The first-order chi connectivity index (χ1) is 17.3. The molecule has 0 spiro atoms. The van der Waals surface area contributed by atoms with E-state index in [9.17, 15) is 9.59 Å². The maximum absolute atomic E-state index is 12.6. The van der Waals surface area contributed by atoms with Gasteiger partial charge in [0.1, 0.15) is 11.6 Å². The van der Waals surface area contributed by atoms with Crippen LogP contribution in [-0.4, -0.2) is 50.0 Å². The first kappa shape index (κ1) is 24.4. The van der Waals surface area contributed by atoms with Gasteiger partial charge in [-0.2, -0.15) is 0 Å². The second-order valence-electron chi connectivity index (χ2n) is 8.66. The molecule has 0 fully saturated rings. The van der Waals surface area contributed by atoms with Crippen LogP contribution in [0.1, 0.15) is 20.7 Å². The minimum Gasteiger partial charge on any atom is -0.363 e. The van der Waals surface area contributed by atoms with Crippen LogP contribution in [0.25, 0.3) is 11.1 Å². The van der Waals surface area contributed by atoms with Crippen LogP contribution in [0, 0.1) is 0 Å². The molecule has 0 aliphatic heterocycles. The highest BCUT2D eigenvalue weighted by molar-refractivity contribution is 6.05.